The molecule has 0 fully saturated rings. The summed E-state index contributed by atoms with van der Waals surface area (Å²) in [6.07, 6.45) is 0.497. The molecule has 7 nitrogen and oxygen atoms in total. The van der Waals surface area contributed by atoms with Crippen molar-refractivity contribution in [1.82, 2.24) is 14.8 Å². The fraction of sp³-hybridized carbons (Fsp3) is 0.200. The average Bonchev–Trinajstić information content (AvgIpc) is 3.20. The summed E-state index contributed by atoms with van der Waals surface area (Å²) in [5.41, 5.74) is 2.05. The highest BCUT2D eigenvalue weighted by Crippen LogP contribution is 2.29. The van der Waals surface area contributed by atoms with Crippen LogP contribution in [0.15, 0.2) is 47.9 Å². The molecule has 1 heterocycles. The maximum absolute atomic E-state index is 12.3. The topological polar surface area (TPSA) is 86.1 Å². The van der Waals surface area contributed by atoms with Gasteiger partial charge >= 0.3 is 5.97 Å². The number of halogens is 3. The second-order valence-electron chi connectivity index (χ2n) is 6.43. The van der Waals surface area contributed by atoms with Crippen LogP contribution >= 0.6 is 46.6 Å². The fourth-order valence-electron chi connectivity index (χ4n) is 2.47. The van der Waals surface area contributed by atoms with Crippen LogP contribution in [0.3, 0.4) is 0 Å². The lowest BCUT2D eigenvalue weighted by Gasteiger charge is -2.14. The number of esters is 1. The minimum Gasteiger partial charge on any atom is -0.452 e. The molecule has 0 bridgehead atoms. The molecule has 31 heavy (non-hydrogen) atoms. The lowest BCUT2D eigenvalue weighted by molar-refractivity contribution is -0.150. The maximum Gasteiger partial charge on any atom is 0.317 e. The van der Waals surface area contributed by atoms with E-state index in [0.717, 1.165) is 23.0 Å². The molecule has 1 aromatic heterocycles. The molecule has 1 unspecified atom stereocenters. The normalized spacial score (nSPS) is 11.8. The van der Waals surface area contributed by atoms with Gasteiger partial charge in [-0.1, -0.05) is 58.7 Å². The molecule has 0 aliphatic rings. The molecule has 2 aromatic carbocycles. The molecule has 0 saturated heterocycles. The zero-order valence-electron chi connectivity index (χ0n) is 16.4. The van der Waals surface area contributed by atoms with Crippen LogP contribution < -0.4 is 5.32 Å². The number of carbonyl (C=O) groups is 2. The molecular weight excluding hydrogens is 483 g/mol. The molecular formula is C20H17Cl3N4O3S. The third-order valence-corrected chi connectivity index (χ3v) is 6.30. The standard InChI is InChI=1S/C20H17Cl3N4O3S/c1-11-6-7-13(8-15(11)22)27-10-24-26-20(27)31-9-17(28)30-12(2)19(29)25-16-5-3-4-14(21)18(16)23/h3-8,10,12H,9H2,1-2H3,(H,25,29). The van der Waals surface area contributed by atoms with Gasteiger partial charge in [-0.05, 0) is 43.7 Å². The third kappa shape index (κ3) is 5.92. The van der Waals surface area contributed by atoms with E-state index in [4.69, 9.17) is 39.5 Å². The molecule has 0 aliphatic carbocycles. The Balaban J connectivity index is 1.57. The van der Waals surface area contributed by atoms with Gasteiger partial charge in [0.2, 0.25) is 0 Å². The van der Waals surface area contributed by atoms with Gasteiger partial charge in [0, 0.05) is 5.02 Å². The van der Waals surface area contributed by atoms with Crippen molar-refractivity contribution in [2.75, 3.05) is 11.1 Å². The van der Waals surface area contributed by atoms with Gasteiger partial charge in [0.05, 0.1) is 27.2 Å². The number of carbonyl (C=O) groups excluding carboxylic acids is 2. The van der Waals surface area contributed by atoms with Crippen LogP contribution in [0.4, 0.5) is 5.69 Å². The summed E-state index contributed by atoms with van der Waals surface area (Å²) in [4.78, 5) is 24.5. The Morgan fingerprint density at radius 3 is 2.71 bits per heavy atom. The van der Waals surface area contributed by atoms with E-state index >= 15 is 0 Å². The van der Waals surface area contributed by atoms with Crippen LogP contribution in [-0.2, 0) is 14.3 Å². The number of nitrogens with one attached hydrogen (secondary N) is 1. The van der Waals surface area contributed by atoms with Crippen LogP contribution in [0.5, 0.6) is 0 Å². The Morgan fingerprint density at radius 1 is 1.19 bits per heavy atom. The van der Waals surface area contributed by atoms with E-state index in [-0.39, 0.29) is 10.8 Å². The second-order valence-corrected chi connectivity index (χ2v) is 8.56. The number of hydrogen-bond acceptors (Lipinski definition) is 6. The van der Waals surface area contributed by atoms with E-state index in [9.17, 15) is 9.59 Å². The third-order valence-electron chi connectivity index (χ3n) is 4.16. The lowest BCUT2D eigenvalue weighted by Crippen LogP contribution is -2.30. The summed E-state index contributed by atoms with van der Waals surface area (Å²) in [5.74, 6) is -1.17. The van der Waals surface area contributed by atoms with Gasteiger partial charge in [0.1, 0.15) is 6.33 Å². The van der Waals surface area contributed by atoms with Crippen LogP contribution in [0.1, 0.15) is 12.5 Å². The quantitative estimate of drug-likeness (QED) is 0.355. The molecule has 0 aliphatic heterocycles. The molecule has 162 valence electrons. The Kier molecular flexibility index (Phi) is 7.83. The minimum atomic E-state index is -1.03. The Labute approximate surface area is 198 Å². The number of nitrogens with zero attached hydrogens (tertiary/aromatic N) is 3. The molecule has 1 N–H and O–H groups in total. The number of aryl methyl sites for hydroxylation is 1. The highest BCUT2D eigenvalue weighted by Gasteiger charge is 2.20. The highest BCUT2D eigenvalue weighted by molar-refractivity contribution is 7.99. The largest absolute Gasteiger partial charge is 0.452 e. The molecule has 1 atom stereocenters. The Hall–Kier alpha value is -2.26. The van der Waals surface area contributed by atoms with Crippen LogP contribution in [-0.4, -0.2) is 38.5 Å². The number of ether oxygens (including phenoxy) is 1. The predicted octanol–water partition coefficient (Wildman–Crippen LogP) is 5.20. The fourth-order valence-corrected chi connectivity index (χ4v) is 3.71. The first-order valence-corrected chi connectivity index (χ1v) is 11.1. The van der Waals surface area contributed by atoms with Gasteiger partial charge in [0.15, 0.2) is 11.3 Å². The molecule has 0 radical (unpaired) electrons. The Bertz CT molecular complexity index is 1120. The number of thioether (sulfide) groups is 1. The summed E-state index contributed by atoms with van der Waals surface area (Å²) >= 11 is 19.3. The molecule has 0 spiro atoms. The zero-order chi connectivity index (χ0) is 22.5. The summed E-state index contributed by atoms with van der Waals surface area (Å²) < 4.78 is 6.92. The molecule has 3 aromatic rings. The number of benzene rings is 2. The summed E-state index contributed by atoms with van der Waals surface area (Å²) in [6.45, 7) is 3.37. The van der Waals surface area contributed by atoms with Gasteiger partial charge in [-0.25, -0.2) is 0 Å². The first-order valence-electron chi connectivity index (χ1n) is 9.00. The first kappa shape index (κ1) is 23.4. The van der Waals surface area contributed by atoms with E-state index in [1.54, 1.807) is 28.8 Å². The van der Waals surface area contributed by atoms with E-state index in [1.807, 2.05) is 19.1 Å². The summed E-state index contributed by atoms with van der Waals surface area (Å²) in [7, 11) is 0. The average molecular weight is 500 g/mol. The van der Waals surface area contributed by atoms with Gasteiger partial charge in [-0.3, -0.25) is 14.2 Å². The van der Waals surface area contributed by atoms with Gasteiger partial charge < -0.3 is 10.1 Å². The number of amides is 1. The summed E-state index contributed by atoms with van der Waals surface area (Å²) in [5, 5.41) is 12.1. The van der Waals surface area contributed by atoms with Gasteiger partial charge in [-0.2, -0.15) is 0 Å². The van der Waals surface area contributed by atoms with Crippen molar-refractivity contribution >= 4 is 64.1 Å². The van der Waals surface area contributed by atoms with Gasteiger partial charge in [-0.15, -0.1) is 10.2 Å². The molecule has 11 heteroatoms. The van der Waals surface area contributed by atoms with Crippen molar-refractivity contribution < 1.29 is 14.3 Å². The van der Waals surface area contributed by atoms with E-state index in [0.29, 0.717) is 20.9 Å². The van der Waals surface area contributed by atoms with Crippen LogP contribution in [0.2, 0.25) is 15.1 Å². The van der Waals surface area contributed by atoms with Crippen LogP contribution in [0, 0.1) is 6.92 Å². The second kappa shape index (κ2) is 10.4. The number of anilines is 1. The molecule has 1 amide bonds. The van der Waals surface area contributed by atoms with E-state index in [2.05, 4.69) is 15.5 Å². The van der Waals surface area contributed by atoms with Crippen LogP contribution in [0.25, 0.3) is 5.69 Å². The Morgan fingerprint density at radius 2 is 1.97 bits per heavy atom. The monoisotopic (exact) mass is 498 g/mol. The van der Waals surface area contributed by atoms with Crippen molar-refractivity contribution in [3.05, 3.63) is 63.4 Å². The van der Waals surface area contributed by atoms with Crippen molar-refractivity contribution in [3.8, 4) is 5.69 Å². The zero-order valence-corrected chi connectivity index (χ0v) is 19.5. The van der Waals surface area contributed by atoms with Crippen molar-refractivity contribution in [3.63, 3.8) is 0 Å². The number of aromatic nitrogens is 3. The minimum absolute atomic E-state index is 0.0617. The van der Waals surface area contributed by atoms with E-state index in [1.165, 1.54) is 13.3 Å². The molecule has 0 saturated carbocycles. The van der Waals surface area contributed by atoms with E-state index < -0.39 is 18.0 Å². The number of hydrogen-bond donors (Lipinski definition) is 1. The highest BCUT2D eigenvalue weighted by atomic mass is 35.5. The van der Waals surface area contributed by atoms with Gasteiger partial charge in [0.25, 0.3) is 5.91 Å². The summed E-state index contributed by atoms with van der Waals surface area (Å²) in [6, 6.07) is 10.4. The smallest absolute Gasteiger partial charge is 0.317 e. The lowest BCUT2D eigenvalue weighted by atomic mass is 10.2. The maximum atomic E-state index is 12.3. The first-order chi connectivity index (χ1) is 14.8. The predicted molar refractivity (Wildman–Crippen MR) is 122 cm³/mol. The molecule has 3 rings (SSSR count). The van der Waals surface area contributed by atoms with Crippen molar-refractivity contribution in [1.29, 1.82) is 0 Å². The van der Waals surface area contributed by atoms with Crippen molar-refractivity contribution in [2.45, 2.75) is 25.1 Å². The van der Waals surface area contributed by atoms with Crippen molar-refractivity contribution in [2.24, 2.45) is 0 Å². The SMILES string of the molecule is Cc1ccc(-n2cnnc2SCC(=O)OC(C)C(=O)Nc2cccc(Cl)c2Cl)cc1Cl. The number of rotatable bonds is 7.